The van der Waals surface area contributed by atoms with Crippen molar-refractivity contribution in [2.24, 2.45) is 0 Å². The van der Waals surface area contributed by atoms with Crippen LogP contribution in [0.1, 0.15) is 15.9 Å². The van der Waals surface area contributed by atoms with Crippen molar-refractivity contribution in [2.75, 3.05) is 10.6 Å². The van der Waals surface area contributed by atoms with E-state index in [1.54, 1.807) is 24.3 Å². The quantitative estimate of drug-likeness (QED) is 0.273. The smallest absolute Gasteiger partial charge is 0.253 e. The van der Waals surface area contributed by atoms with Gasteiger partial charge in [0, 0.05) is 17.8 Å². The Labute approximate surface area is 177 Å². The van der Waals surface area contributed by atoms with Crippen molar-refractivity contribution < 1.29 is 9.90 Å². The molecule has 4 aromatic carbocycles. The maximum absolute atomic E-state index is 12.4. The SMILES string of the molecule is O=C(NCc1ccccc1)c1ccc(Nc2c(Nc3ccccc3)c(=O)c2=O)c(O)c1. The van der Waals surface area contributed by atoms with Crippen LogP contribution in [-0.2, 0) is 6.54 Å². The zero-order valence-corrected chi connectivity index (χ0v) is 16.4. The molecule has 0 spiro atoms. The number of phenolic OH excluding ortho intramolecular Hbond substituents is 1. The lowest BCUT2D eigenvalue weighted by Crippen LogP contribution is -2.35. The summed E-state index contributed by atoms with van der Waals surface area (Å²) in [6.45, 7) is 0.360. The van der Waals surface area contributed by atoms with Gasteiger partial charge < -0.3 is 21.1 Å². The van der Waals surface area contributed by atoms with E-state index < -0.39 is 10.9 Å². The average molecular weight is 413 g/mol. The van der Waals surface area contributed by atoms with Gasteiger partial charge in [0.2, 0.25) is 0 Å². The Kier molecular flexibility index (Phi) is 5.49. The van der Waals surface area contributed by atoms with Crippen molar-refractivity contribution in [3.05, 3.63) is 110 Å². The van der Waals surface area contributed by atoms with Gasteiger partial charge in [0.25, 0.3) is 16.8 Å². The van der Waals surface area contributed by atoms with Gasteiger partial charge in [0.05, 0.1) is 5.69 Å². The minimum atomic E-state index is -0.678. The van der Waals surface area contributed by atoms with E-state index in [0.717, 1.165) is 5.56 Å². The number of nitrogens with one attached hydrogen (secondary N) is 3. The molecule has 0 bridgehead atoms. The monoisotopic (exact) mass is 413 g/mol. The van der Waals surface area contributed by atoms with Crippen molar-refractivity contribution in [1.82, 2.24) is 5.32 Å². The van der Waals surface area contributed by atoms with Crippen LogP contribution in [-0.4, -0.2) is 11.0 Å². The molecule has 0 fully saturated rings. The van der Waals surface area contributed by atoms with E-state index in [-0.39, 0.29) is 34.3 Å². The molecule has 0 aliphatic heterocycles. The Balaban J connectivity index is 1.47. The summed E-state index contributed by atoms with van der Waals surface area (Å²) in [7, 11) is 0. The van der Waals surface area contributed by atoms with Crippen molar-refractivity contribution >= 4 is 28.7 Å². The van der Waals surface area contributed by atoms with E-state index in [0.29, 0.717) is 12.2 Å². The zero-order valence-electron chi connectivity index (χ0n) is 16.4. The molecular formula is C24H19N3O4. The molecule has 7 heteroatoms. The van der Waals surface area contributed by atoms with E-state index in [1.165, 1.54) is 18.2 Å². The van der Waals surface area contributed by atoms with Gasteiger partial charge in [-0.3, -0.25) is 14.4 Å². The molecule has 0 heterocycles. The number of hydrogen-bond donors (Lipinski definition) is 4. The van der Waals surface area contributed by atoms with Gasteiger partial charge in [-0.15, -0.1) is 0 Å². The summed E-state index contributed by atoms with van der Waals surface area (Å²) in [6.07, 6.45) is 0. The molecule has 154 valence electrons. The number of carbonyl (C=O) groups excluding carboxylic acids is 1. The van der Waals surface area contributed by atoms with Crippen molar-refractivity contribution in [3.8, 4) is 5.75 Å². The van der Waals surface area contributed by atoms with Crippen LogP contribution in [0.25, 0.3) is 0 Å². The largest absolute Gasteiger partial charge is 0.506 e. The van der Waals surface area contributed by atoms with Crippen molar-refractivity contribution in [2.45, 2.75) is 6.54 Å². The maximum Gasteiger partial charge on any atom is 0.253 e. The first-order valence-corrected chi connectivity index (χ1v) is 9.60. The molecule has 4 aromatic rings. The second kappa shape index (κ2) is 8.54. The Hall–Kier alpha value is -4.39. The predicted molar refractivity (Wildman–Crippen MR) is 120 cm³/mol. The van der Waals surface area contributed by atoms with Crippen molar-refractivity contribution in [1.29, 1.82) is 0 Å². The summed E-state index contributed by atoms with van der Waals surface area (Å²) < 4.78 is 0. The number of hydrogen-bond acceptors (Lipinski definition) is 6. The lowest BCUT2D eigenvalue weighted by Gasteiger charge is -2.16. The van der Waals surface area contributed by atoms with Gasteiger partial charge in [-0.25, -0.2) is 0 Å². The van der Waals surface area contributed by atoms with E-state index >= 15 is 0 Å². The highest BCUT2D eigenvalue weighted by molar-refractivity contribution is 5.95. The van der Waals surface area contributed by atoms with Gasteiger partial charge in [-0.2, -0.15) is 0 Å². The molecule has 31 heavy (non-hydrogen) atoms. The van der Waals surface area contributed by atoms with Crippen molar-refractivity contribution in [3.63, 3.8) is 0 Å². The number of aromatic hydroxyl groups is 1. The Morgan fingerprint density at radius 2 is 1.39 bits per heavy atom. The van der Waals surface area contributed by atoms with E-state index in [4.69, 9.17) is 0 Å². The fourth-order valence-electron chi connectivity index (χ4n) is 3.09. The second-order valence-electron chi connectivity index (χ2n) is 6.92. The third-order valence-electron chi connectivity index (χ3n) is 4.77. The molecular weight excluding hydrogens is 394 g/mol. The molecule has 0 saturated carbocycles. The minimum absolute atomic E-state index is 0.0606. The summed E-state index contributed by atoms with van der Waals surface area (Å²) in [5.74, 6) is -0.558. The average Bonchev–Trinajstić information content (AvgIpc) is 2.81. The fourth-order valence-corrected chi connectivity index (χ4v) is 3.09. The Morgan fingerprint density at radius 3 is 2.03 bits per heavy atom. The highest BCUT2D eigenvalue weighted by Crippen LogP contribution is 2.30. The molecule has 0 aromatic heterocycles. The summed E-state index contributed by atoms with van der Waals surface area (Å²) in [5, 5.41) is 18.8. The van der Waals surface area contributed by atoms with Gasteiger partial charge >= 0.3 is 0 Å². The second-order valence-corrected chi connectivity index (χ2v) is 6.92. The Morgan fingerprint density at radius 1 is 0.774 bits per heavy atom. The van der Waals surface area contributed by atoms with Crippen LogP contribution in [0.4, 0.5) is 22.7 Å². The lowest BCUT2D eigenvalue weighted by atomic mass is 10.1. The first kappa shape index (κ1) is 19.9. The van der Waals surface area contributed by atoms with Gasteiger partial charge in [0.15, 0.2) is 0 Å². The van der Waals surface area contributed by atoms with E-state index in [2.05, 4.69) is 16.0 Å². The zero-order chi connectivity index (χ0) is 21.8. The van der Waals surface area contributed by atoms with Crippen LogP contribution in [0.5, 0.6) is 5.75 Å². The summed E-state index contributed by atoms with van der Waals surface area (Å²) in [6, 6.07) is 22.7. The minimum Gasteiger partial charge on any atom is -0.506 e. The number of phenols is 1. The molecule has 1 amide bonds. The number of carbonyl (C=O) groups is 1. The van der Waals surface area contributed by atoms with E-state index in [9.17, 15) is 19.5 Å². The maximum atomic E-state index is 12.4. The molecule has 0 aliphatic carbocycles. The standard InChI is InChI=1S/C24H19N3O4/c28-19-13-16(24(31)25-14-15-7-3-1-4-8-15)11-12-18(19)27-21-20(22(29)23(21)30)26-17-9-5-2-6-10-17/h1-13,26-28H,14H2,(H,25,31). The Bertz CT molecular complexity index is 1290. The lowest BCUT2D eigenvalue weighted by molar-refractivity contribution is 0.0950. The topological polar surface area (TPSA) is 108 Å². The number of anilines is 4. The number of amides is 1. The molecule has 0 aliphatic rings. The highest BCUT2D eigenvalue weighted by atomic mass is 16.3. The van der Waals surface area contributed by atoms with Gasteiger partial charge in [-0.1, -0.05) is 48.5 Å². The van der Waals surface area contributed by atoms with Crippen LogP contribution >= 0.6 is 0 Å². The predicted octanol–water partition coefficient (Wildman–Crippen LogP) is 3.41. The molecule has 0 radical (unpaired) electrons. The molecule has 0 saturated heterocycles. The highest BCUT2D eigenvalue weighted by Gasteiger charge is 2.22. The summed E-state index contributed by atoms with van der Waals surface area (Å²) in [4.78, 5) is 36.3. The number of benzene rings is 3. The summed E-state index contributed by atoms with van der Waals surface area (Å²) >= 11 is 0. The number of para-hydroxylation sites is 1. The third-order valence-corrected chi connectivity index (χ3v) is 4.77. The van der Waals surface area contributed by atoms with Gasteiger partial charge in [-0.05, 0) is 35.9 Å². The number of rotatable bonds is 7. The molecule has 0 atom stereocenters. The molecule has 4 rings (SSSR count). The van der Waals surface area contributed by atoms with Gasteiger partial charge in [0.1, 0.15) is 17.1 Å². The third kappa shape index (κ3) is 4.30. The van der Waals surface area contributed by atoms with Crippen LogP contribution in [0.3, 0.4) is 0 Å². The molecule has 4 N–H and O–H groups in total. The first-order chi connectivity index (χ1) is 15.0. The fraction of sp³-hybridized carbons (Fsp3) is 0.0417. The molecule has 7 nitrogen and oxygen atoms in total. The van der Waals surface area contributed by atoms with Crippen LogP contribution in [0.2, 0.25) is 0 Å². The normalized spacial score (nSPS) is 10.6. The molecule has 0 unspecified atom stereocenters. The van der Waals surface area contributed by atoms with Crippen LogP contribution in [0, 0.1) is 0 Å². The van der Waals surface area contributed by atoms with E-state index in [1.807, 2.05) is 36.4 Å². The first-order valence-electron chi connectivity index (χ1n) is 9.60. The summed E-state index contributed by atoms with van der Waals surface area (Å²) in [5.41, 5.74) is 0.967. The van der Waals surface area contributed by atoms with Crippen LogP contribution < -0.4 is 26.8 Å². The van der Waals surface area contributed by atoms with Crippen LogP contribution in [0.15, 0.2) is 88.5 Å².